The van der Waals surface area contributed by atoms with Crippen molar-refractivity contribution >= 4 is 17.3 Å². The van der Waals surface area contributed by atoms with Crippen LogP contribution >= 0.6 is 0 Å². The van der Waals surface area contributed by atoms with E-state index in [9.17, 15) is 9.90 Å². The van der Waals surface area contributed by atoms with Gasteiger partial charge in [0.25, 0.3) is 0 Å². The molecule has 0 amide bonds. The summed E-state index contributed by atoms with van der Waals surface area (Å²) >= 11 is 0. The second kappa shape index (κ2) is 4.19. The first-order valence-electron chi connectivity index (χ1n) is 6.23. The average molecular weight is 248 g/mol. The molecule has 2 N–H and O–H groups in total. The fourth-order valence-corrected chi connectivity index (χ4v) is 2.44. The van der Waals surface area contributed by atoms with E-state index < -0.39 is 5.97 Å². The summed E-state index contributed by atoms with van der Waals surface area (Å²) in [6.45, 7) is 9.28. The molecule has 1 heterocycles. The number of carboxylic acid groups (broad SMARTS) is 1. The van der Waals surface area contributed by atoms with E-state index in [-0.39, 0.29) is 5.54 Å². The number of hydrogen-bond donors (Lipinski definition) is 2. The van der Waals surface area contributed by atoms with Crippen molar-refractivity contribution in [1.29, 1.82) is 0 Å². The normalized spacial score (nSPS) is 17.3. The van der Waals surface area contributed by atoms with Crippen LogP contribution in [-0.4, -0.2) is 29.2 Å². The Balaban J connectivity index is 2.58. The lowest BCUT2D eigenvalue weighted by Crippen LogP contribution is -2.51. The lowest BCUT2D eigenvalue weighted by Gasteiger charge is -2.44. The van der Waals surface area contributed by atoms with Gasteiger partial charge >= 0.3 is 5.97 Å². The molecular weight excluding hydrogens is 228 g/mol. The van der Waals surface area contributed by atoms with Gasteiger partial charge in [0.1, 0.15) is 0 Å². The third-order valence-electron chi connectivity index (χ3n) is 3.23. The van der Waals surface area contributed by atoms with E-state index in [4.69, 9.17) is 0 Å². The van der Waals surface area contributed by atoms with Gasteiger partial charge in [0.05, 0.1) is 16.9 Å². The van der Waals surface area contributed by atoms with E-state index in [1.807, 2.05) is 6.07 Å². The SMILES string of the molecule is CC(C)N1CC(C)(C)Nc2c(C(=O)O)cccc21. The van der Waals surface area contributed by atoms with Gasteiger partial charge in [-0.15, -0.1) is 0 Å². The minimum atomic E-state index is -0.888. The predicted octanol–water partition coefficient (Wildman–Crippen LogP) is 2.80. The van der Waals surface area contributed by atoms with Crippen LogP contribution in [0.15, 0.2) is 18.2 Å². The van der Waals surface area contributed by atoms with Crippen LogP contribution in [0.3, 0.4) is 0 Å². The van der Waals surface area contributed by atoms with Crippen molar-refractivity contribution in [2.24, 2.45) is 0 Å². The molecule has 0 spiro atoms. The number of benzene rings is 1. The van der Waals surface area contributed by atoms with Gasteiger partial charge in [-0.05, 0) is 39.8 Å². The maximum atomic E-state index is 11.3. The second-order valence-electron chi connectivity index (χ2n) is 5.74. The van der Waals surface area contributed by atoms with E-state index >= 15 is 0 Å². The fraction of sp³-hybridized carbons (Fsp3) is 0.500. The van der Waals surface area contributed by atoms with E-state index in [1.54, 1.807) is 12.1 Å². The van der Waals surface area contributed by atoms with Crippen LogP contribution in [0.2, 0.25) is 0 Å². The Hall–Kier alpha value is -1.71. The van der Waals surface area contributed by atoms with Crippen LogP contribution in [0, 0.1) is 0 Å². The van der Waals surface area contributed by atoms with Crippen molar-refractivity contribution < 1.29 is 9.90 Å². The Kier molecular flexibility index (Phi) is 2.97. The lowest BCUT2D eigenvalue weighted by atomic mass is 9.96. The van der Waals surface area contributed by atoms with Crippen molar-refractivity contribution in [3.05, 3.63) is 23.8 Å². The van der Waals surface area contributed by atoms with Gasteiger partial charge in [-0.3, -0.25) is 0 Å². The monoisotopic (exact) mass is 248 g/mol. The number of aromatic carboxylic acids is 1. The Morgan fingerprint density at radius 3 is 2.67 bits per heavy atom. The maximum Gasteiger partial charge on any atom is 0.337 e. The molecule has 0 saturated heterocycles. The molecule has 0 unspecified atom stereocenters. The van der Waals surface area contributed by atoms with Crippen molar-refractivity contribution in [1.82, 2.24) is 0 Å². The number of carboxylic acids is 1. The molecule has 0 radical (unpaired) electrons. The zero-order valence-corrected chi connectivity index (χ0v) is 11.3. The number of para-hydroxylation sites is 1. The van der Waals surface area contributed by atoms with Gasteiger partial charge < -0.3 is 15.3 Å². The van der Waals surface area contributed by atoms with E-state index in [0.717, 1.165) is 17.9 Å². The molecule has 1 aliphatic rings. The quantitative estimate of drug-likeness (QED) is 0.845. The van der Waals surface area contributed by atoms with Gasteiger partial charge in [-0.25, -0.2) is 4.79 Å². The van der Waals surface area contributed by atoms with Gasteiger partial charge in [-0.1, -0.05) is 6.07 Å². The molecule has 1 aromatic rings. The molecule has 0 bridgehead atoms. The van der Waals surface area contributed by atoms with Crippen LogP contribution in [0.1, 0.15) is 38.1 Å². The minimum Gasteiger partial charge on any atom is -0.478 e. The Labute approximate surface area is 108 Å². The van der Waals surface area contributed by atoms with Crippen molar-refractivity contribution in [3.63, 3.8) is 0 Å². The van der Waals surface area contributed by atoms with E-state index in [0.29, 0.717) is 11.6 Å². The summed E-state index contributed by atoms with van der Waals surface area (Å²) in [5, 5.41) is 12.6. The fourth-order valence-electron chi connectivity index (χ4n) is 2.44. The average Bonchev–Trinajstić information content (AvgIpc) is 2.25. The molecule has 98 valence electrons. The highest BCUT2D eigenvalue weighted by molar-refractivity contribution is 5.99. The minimum absolute atomic E-state index is 0.136. The molecule has 4 nitrogen and oxygen atoms in total. The van der Waals surface area contributed by atoms with Crippen LogP contribution < -0.4 is 10.2 Å². The summed E-state index contributed by atoms with van der Waals surface area (Å²) in [5.41, 5.74) is 1.91. The van der Waals surface area contributed by atoms with E-state index in [1.165, 1.54) is 0 Å². The molecule has 0 saturated carbocycles. The third kappa shape index (κ3) is 2.15. The summed E-state index contributed by atoms with van der Waals surface area (Å²) in [5.74, 6) is -0.888. The zero-order valence-electron chi connectivity index (χ0n) is 11.3. The van der Waals surface area contributed by atoms with Crippen LogP contribution in [-0.2, 0) is 0 Å². The molecule has 1 aromatic carbocycles. The van der Waals surface area contributed by atoms with Crippen LogP contribution in [0.4, 0.5) is 11.4 Å². The first-order valence-corrected chi connectivity index (χ1v) is 6.23. The number of nitrogens with zero attached hydrogens (tertiary/aromatic N) is 1. The Morgan fingerprint density at radius 2 is 2.11 bits per heavy atom. The number of anilines is 2. The summed E-state index contributed by atoms with van der Waals surface area (Å²) < 4.78 is 0. The van der Waals surface area contributed by atoms with Gasteiger partial charge in [0.15, 0.2) is 0 Å². The number of fused-ring (bicyclic) bond motifs is 1. The number of carbonyl (C=O) groups is 1. The number of nitrogens with one attached hydrogen (secondary N) is 1. The molecule has 0 aliphatic carbocycles. The van der Waals surface area contributed by atoms with Gasteiger partial charge in [-0.2, -0.15) is 0 Å². The van der Waals surface area contributed by atoms with Crippen molar-refractivity contribution in [2.75, 3.05) is 16.8 Å². The molecule has 0 atom stereocenters. The van der Waals surface area contributed by atoms with Crippen molar-refractivity contribution in [2.45, 2.75) is 39.3 Å². The molecule has 18 heavy (non-hydrogen) atoms. The van der Waals surface area contributed by atoms with Gasteiger partial charge in [0, 0.05) is 18.1 Å². The Bertz CT molecular complexity index is 481. The highest BCUT2D eigenvalue weighted by Gasteiger charge is 2.33. The second-order valence-corrected chi connectivity index (χ2v) is 5.74. The van der Waals surface area contributed by atoms with Crippen LogP contribution in [0.25, 0.3) is 0 Å². The third-order valence-corrected chi connectivity index (χ3v) is 3.23. The Morgan fingerprint density at radius 1 is 1.44 bits per heavy atom. The highest BCUT2D eigenvalue weighted by Crippen LogP contribution is 2.38. The highest BCUT2D eigenvalue weighted by atomic mass is 16.4. The first-order chi connectivity index (χ1) is 8.32. The molecule has 2 rings (SSSR count). The summed E-state index contributed by atoms with van der Waals surface area (Å²) in [6, 6.07) is 5.77. The predicted molar refractivity (Wildman–Crippen MR) is 73.6 cm³/mol. The molecule has 4 heteroatoms. The van der Waals surface area contributed by atoms with Gasteiger partial charge in [0.2, 0.25) is 0 Å². The largest absolute Gasteiger partial charge is 0.478 e. The summed E-state index contributed by atoms with van der Waals surface area (Å²) in [7, 11) is 0. The number of rotatable bonds is 2. The number of hydrogen-bond acceptors (Lipinski definition) is 3. The standard InChI is InChI=1S/C14H20N2O2/c1-9(2)16-8-14(3,4)15-12-10(13(17)18)6-5-7-11(12)16/h5-7,9,15H,8H2,1-4H3,(H,17,18). The van der Waals surface area contributed by atoms with Crippen LogP contribution in [0.5, 0.6) is 0 Å². The lowest BCUT2D eigenvalue weighted by molar-refractivity contribution is 0.0698. The maximum absolute atomic E-state index is 11.3. The summed E-state index contributed by atoms with van der Waals surface area (Å²) in [4.78, 5) is 13.6. The summed E-state index contributed by atoms with van der Waals surface area (Å²) in [6.07, 6.45) is 0. The topological polar surface area (TPSA) is 52.6 Å². The molecular formula is C14H20N2O2. The molecule has 0 aromatic heterocycles. The van der Waals surface area contributed by atoms with E-state index in [2.05, 4.69) is 37.9 Å². The first kappa shape index (κ1) is 12.7. The smallest absolute Gasteiger partial charge is 0.337 e. The molecule has 0 fully saturated rings. The zero-order chi connectivity index (χ0) is 13.5. The van der Waals surface area contributed by atoms with Crippen molar-refractivity contribution in [3.8, 4) is 0 Å². The molecule has 1 aliphatic heterocycles.